The van der Waals surface area contributed by atoms with E-state index in [2.05, 4.69) is 5.32 Å². The van der Waals surface area contributed by atoms with Crippen LogP contribution in [0.5, 0.6) is 11.5 Å². The van der Waals surface area contributed by atoms with Gasteiger partial charge >= 0.3 is 0 Å². The summed E-state index contributed by atoms with van der Waals surface area (Å²) in [6.45, 7) is 5.42. The third kappa shape index (κ3) is 7.76. The molecule has 4 nitrogen and oxygen atoms in total. The third-order valence-corrected chi connectivity index (χ3v) is 4.42. The first-order valence-electron chi connectivity index (χ1n) is 8.66. The van der Waals surface area contributed by atoms with E-state index in [9.17, 15) is 0 Å². The Kier molecular flexibility index (Phi) is 11.6. The van der Waals surface area contributed by atoms with E-state index < -0.39 is 0 Å². The summed E-state index contributed by atoms with van der Waals surface area (Å²) in [6, 6.07) is 11.2. The van der Waals surface area contributed by atoms with Crippen LogP contribution < -0.4 is 14.8 Å². The second-order valence-electron chi connectivity index (χ2n) is 5.70. The van der Waals surface area contributed by atoms with Gasteiger partial charge in [-0.3, -0.25) is 0 Å². The first kappa shape index (κ1) is 23.9. The van der Waals surface area contributed by atoms with E-state index in [1.807, 2.05) is 31.2 Å². The molecule has 27 heavy (non-hydrogen) atoms. The van der Waals surface area contributed by atoms with Crippen LogP contribution in [0.1, 0.15) is 24.5 Å². The fraction of sp³-hybridized carbons (Fsp3) is 0.400. The molecule has 0 saturated heterocycles. The topological polar surface area (TPSA) is 39.7 Å². The molecular weight excluding hydrogens is 409 g/mol. The second-order valence-corrected chi connectivity index (χ2v) is 6.54. The highest BCUT2D eigenvalue weighted by atomic mass is 35.5. The van der Waals surface area contributed by atoms with Gasteiger partial charge in [0.15, 0.2) is 11.5 Å². The molecule has 0 aliphatic carbocycles. The minimum Gasteiger partial charge on any atom is -0.493 e. The van der Waals surface area contributed by atoms with Gasteiger partial charge in [0.25, 0.3) is 0 Å². The van der Waals surface area contributed by atoms with E-state index in [0.29, 0.717) is 28.9 Å². The van der Waals surface area contributed by atoms with Crippen LogP contribution in [-0.4, -0.2) is 26.9 Å². The molecule has 0 radical (unpaired) electrons. The number of halogens is 3. The predicted octanol–water partition coefficient (Wildman–Crippen LogP) is 5.52. The molecule has 150 valence electrons. The molecule has 0 aliphatic heterocycles. The zero-order valence-electron chi connectivity index (χ0n) is 15.6. The molecule has 0 aliphatic rings. The minimum absolute atomic E-state index is 0. The Morgan fingerprint density at radius 3 is 2.59 bits per heavy atom. The highest BCUT2D eigenvalue weighted by molar-refractivity contribution is 6.35. The van der Waals surface area contributed by atoms with Crippen LogP contribution in [0.25, 0.3) is 0 Å². The number of rotatable bonds is 11. The highest BCUT2D eigenvalue weighted by Crippen LogP contribution is 2.32. The first-order valence-corrected chi connectivity index (χ1v) is 9.42. The fourth-order valence-electron chi connectivity index (χ4n) is 2.48. The third-order valence-electron chi connectivity index (χ3n) is 3.83. The normalized spacial score (nSPS) is 10.4. The molecule has 7 heteroatoms. The molecule has 0 saturated carbocycles. The van der Waals surface area contributed by atoms with Crippen molar-refractivity contribution >= 4 is 35.6 Å². The van der Waals surface area contributed by atoms with Gasteiger partial charge in [-0.1, -0.05) is 41.4 Å². The Morgan fingerprint density at radius 2 is 1.89 bits per heavy atom. The summed E-state index contributed by atoms with van der Waals surface area (Å²) in [6.07, 6.45) is 0.967. The van der Waals surface area contributed by atoms with E-state index in [1.165, 1.54) is 0 Å². The number of hydrogen-bond donors (Lipinski definition) is 1. The van der Waals surface area contributed by atoms with Crippen LogP contribution in [0.3, 0.4) is 0 Å². The smallest absolute Gasteiger partial charge is 0.166 e. The molecule has 0 atom stereocenters. The summed E-state index contributed by atoms with van der Waals surface area (Å²) in [4.78, 5) is 0. The van der Waals surface area contributed by atoms with Crippen molar-refractivity contribution in [2.45, 2.75) is 26.5 Å². The zero-order chi connectivity index (χ0) is 18.8. The molecule has 2 rings (SSSR count). The minimum atomic E-state index is 0. The summed E-state index contributed by atoms with van der Waals surface area (Å²) >= 11 is 12.2. The molecule has 0 fully saturated rings. The SMILES string of the molecule is CCOCCCNCc1cccc(OC)c1OCc1ccc(Cl)cc1Cl.Cl. The molecule has 0 spiro atoms. The number of methoxy groups -OCH3 is 1. The molecule has 0 aromatic heterocycles. The summed E-state index contributed by atoms with van der Waals surface area (Å²) in [7, 11) is 1.64. The van der Waals surface area contributed by atoms with Crippen molar-refractivity contribution in [3.8, 4) is 11.5 Å². The van der Waals surface area contributed by atoms with Crippen LogP contribution in [0.15, 0.2) is 36.4 Å². The van der Waals surface area contributed by atoms with Crippen LogP contribution in [0, 0.1) is 0 Å². The largest absolute Gasteiger partial charge is 0.493 e. The zero-order valence-corrected chi connectivity index (χ0v) is 17.9. The maximum absolute atomic E-state index is 6.23. The number of ether oxygens (including phenoxy) is 3. The van der Waals surface area contributed by atoms with Crippen LogP contribution in [-0.2, 0) is 17.9 Å². The van der Waals surface area contributed by atoms with Gasteiger partial charge in [-0.25, -0.2) is 0 Å². The highest BCUT2D eigenvalue weighted by Gasteiger charge is 2.12. The summed E-state index contributed by atoms with van der Waals surface area (Å²) in [5, 5.41) is 4.60. The van der Waals surface area contributed by atoms with E-state index in [1.54, 1.807) is 19.2 Å². The summed E-state index contributed by atoms with van der Waals surface area (Å²) < 4.78 is 16.8. The molecule has 0 bridgehead atoms. The molecule has 2 aromatic carbocycles. The van der Waals surface area contributed by atoms with Gasteiger partial charge in [0, 0.05) is 40.9 Å². The van der Waals surface area contributed by atoms with Crippen LogP contribution >= 0.6 is 35.6 Å². The fourth-order valence-corrected chi connectivity index (χ4v) is 2.94. The molecular formula is C20H26Cl3NO3. The second kappa shape index (κ2) is 13.1. The monoisotopic (exact) mass is 433 g/mol. The van der Waals surface area contributed by atoms with Crippen LogP contribution in [0.4, 0.5) is 0 Å². The Hall–Kier alpha value is -1.17. The van der Waals surface area contributed by atoms with Gasteiger partial charge in [-0.15, -0.1) is 12.4 Å². The van der Waals surface area contributed by atoms with Crippen molar-refractivity contribution in [1.82, 2.24) is 5.32 Å². The number of hydrogen-bond acceptors (Lipinski definition) is 4. The van der Waals surface area contributed by atoms with Crippen molar-refractivity contribution < 1.29 is 14.2 Å². The Balaban J connectivity index is 0.00000364. The van der Waals surface area contributed by atoms with Gasteiger partial charge in [-0.05, 0) is 38.1 Å². The molecule has 0 amide bonds. The molecule has 1 N–H and O–H groups in total. The number of para-hydroxylation sites is 1. The van der Waals surface area contributed by atoms with Crippen molar-refractivity contribution in [2.24, 2.45) is 0 Å². The average Bonchev–Trinajstić information content (AvgIpc) is 2.64. The van der Waals surface area contributed by atoms with Crippen molar-refractivity contribution in [2.75, 3.05) is 26.9 Å². The Labute approximate surface area is 177 Å². The van der Waals surface area contributed by atoms with Crippen LogP contribution in [0.2, 0.25) is 10.0 Å². The lowest BCUT2D eigenvalue weighted by Crippen LogP contribution is -2.17. The van der Waals surface area contributed by atoms with Gasteiger partial charge in [0.1, 0.15) is 6.61 Å². The van der Waals surface area contributed by atoms with Gasteiger partial charge < -0.3 is 19.5 Å². The first-order chi connectivity index (χ1) is 12.7. The molecule has 0 unspecified atom stereocenters. The Morgan fingerprint density at radius 1 is 1.07 bits per heavy atom. The standard InChI is InChI=1S/C20H25Cl2NO3.ClH/c1-3-25-11-5-10-23-13-15-6-4-7-19(24-2)20(15)26-14-16-8-9-17(21)12-18(16)22;/h4,6-9,12,23H,3,5,10-11,13-14H2,1-2H3;1H. The summed E-state index contributed by atoms with van der Waals surface area (Å²) in [5.74, 6) is 1.42. The quantitative estimate of drug-likeness (QED) is 0.473. The lowest BCUT2D eigenvalue weighted by Gasteiger charge is -2.16. The summed E-state index contributed by atoms with van der Waals surface area (Å²) in [5.41, 5.74) is 1.91. The maximum Gasteiger partial charge on any atom is 0.166 e. The number of benzene rings is 2. The van der Waals surface area contributed by atoms with Crippen molar-refractivity contribution in [3.63, 3.8) is 0 Å². The predicted molar refractivity (Wildman–Crippen MR) is 114 cm³/mol. The van der Waals surface area contributed by atoms with Gasteiger partial charge in [0.05, 0.1) is 7.11 Å². The lowest BCUT2D eigenvalue weighted by atomic mass is 10.1. The van der Waals surface area contributed by atoms with E-state index in [-0.39, 0.29) is 12.4 Å². The lowest BCUT2D eigenvalue weighted by molar-refractivity contribution is 0.144. The average molecular weight is 435 g/mol. The molecule has 2 aromatic rings. The van der Waals surface area contributed by atoms with Crippen molar-refractivity contribution in [1.29, 1.82) is 0 Å². The van der Waals surface area contributed by atoms with Gasteiger partial charge in [-0.2, -0.15) is 0 Å². The van der Waals surface area contributed by atoms with E-state index >= 15 is 0 Å². The molecule has 0 heterocycles. The van der Waals surface area contributed by atoms with E-state index in [0.717, 1.165) is 43.1 Å². The number of nitrogens with one attached hydrogen (secondary N) is 1. The van der Waals surface area contributed by atoms with Gasteiger partial charge in [0.2, 0.25) is 0 Å². The maximum atomic E-state index is 6.23. The van der Waals surface area contributed by atoms with E-state index in [4.69, 9.17) is 37.4 Å². The van der Waals surface area contributed by atoms with Crippen molar-refractivity contribution in [3.05, 3.63) is 57.6 Å². The Bertz CT molecular complexity index is 698.